The first kappa shape index (κ1) is 35.9. The molecule has 0 atom stereocenters. The smallest absolute Gasteiger partial charge is 0.252 e. The van der Waals surface area contributed by atoms with Crippen LogP contribution in [0.15, 0.2) is 103 Å². The summed E-state index contributed by atoms with van der Waals surface area (Å²) in [6.45, 7) is 0.193. The van der Waals surface area contributed by atoms with E-state index in [0.29, 0.717) is 23.7 Å². The Kier molecular flexibility index (Phi) is 9.76. The number of anilines is 6. The van der Waals surface area contributed by atoms with E-state index in [9.17, 15) is 0 Å². The van der Waals surface area contributed by atoms with Crippen LogP contribution in [0.1, 0.15) is 174 Å². The summed E-state index contributed by atoms with van der Waals surface area (Å²) in [5, 5.41) is 0. The first-order chi connectivity index (χ1) is 28.3. The predicted molar refractivity (Wildman–Crippen MR) is 244 cm³/mol. The van der Waals surface area contributed by atoms with Gasteiger partial charge < -0.3 is 9.80 Å². The monoisotopic (exact) mass is 748 g/mol. The van der Waals surface area contributed by atoms with Gasteiger partial charge >= 0.3 is 0 Å². The third kappa shape index (κ3) is 6.56. The quantitative estimate of drug-likeness (QED) is 0.156. The predicted octanol–water partition coefficient (Wildman–Crippen LogP) is 14.0. The summed E-state index contributed by atoms with van der Waals surface area (Å²) in [6, 6.07) is 42.2. The van der Waals surface area contributed by atoms with Crippen molar-refractivity contribution in [3.8, 4) is 0 Å². The molecule has 11 rings (SSSR count). The molecule has 2 nitrogen and oxygen atoms in total. The van der Waals surface area contributed by atoms with E-state index in [-0.39, 0.29) is 6.71 Å². The van der Waals surface area contributed by atoms with Gasteiger partial charge in [-0.2, -0.15) is 0 Å². The van der Waals surface area contributed by atoms with Gasteiger partial charge in [0.25, 0.3) is 6.71 Å². The number of hydrogen-bond acceptors (Lipinski definition) is 2. The van der Waals surface area contributed by atoms with Crippen LogP contribution in [0.3, 0.4) is 0 Å². The second kappa shape index (κ2) is 15.5. The van der Waals surface area contributed by atoms with Crippen LogP contribution in [0.2, 0.25) is 0 Å². The SMILES string of the molecule is c1ccc(N2c3cc(C4CCCCC4)ccc3B3c4ccc(C5CCCCC5)cc4N(c4cccc(C5CCCCC5)c4)c4cc(C5CCCCC5)cc2c43)cc1. The summed E-state index contributed by atoms with van der Waals surface area (Å²) < 4.78 is 0. The van der Waals surface area contributed by atoms with Gasteiger partial charge in [0.05, 0.1) is 0 Å². The Balaban J connectivity index is 1.17. The van der Waals surface area contributed by atoms with Crippen LogP contribution in [0.5, 0.6) is 0 Å². The largest absolute Gasteiger partial charge is 0.311 e. The molecule has 0 amide bonds. The van der Waals surface area contributed by atoms with Crippen molar-refractivity contribution < 1.29 is 0 Å². The highest BCUT2D eigenvalue weighted by molar-refractivity contribution is 7.00. The van der Waals surface area contributed by atoms with Crippen LogP contribution in [0.4, 0.5) is 34.1 Å². The Morgan fingerprint density at radius 1 is 0.333 bits per heavy atom. The van der Waals surface area contributed by atoms with Gasteiger partial charge in [-0.1, -0.05) is 132 Å². The van der Waals surface area contributed by atoms with E-state index in [1.807, 2.05) is 0 Å². The molecule has 0 saturated heterocycles. The molecule has 4 saturated carbocycles. The lowest BCUT2D eigenvalue weighted by Crippen LogP contribution is -2.61. The Morgan fingerprint density at radius 2 is 0.737 bits per heavy atom. The summed E-state index contributed by atoms with van der Waals surface area (Å²) in [6.07, 6.45) is 26.9. The van der Waals surface area contributed by atoms with Crippen molar-refractivity contribution in [2.75, 3.05) is 9.80 Å². The molecule has 3 heteroatoms. The first-order valence-electron chi connectivity index (χ1n) is 23.5. The summed E-state index contributed by atoms with van der Waals surface area (Å²) in [4.78, 5) is 5.46. The summed E-state index contributed by atoms with van der Waals surface area (Å²) in [5.41, 5.74) is 19.0. The lowest BCUT2D eigenvalue weighted by atomic mass is 9.33. The molecule has 0 radical (unpaired) electrons. The van der Waals surface area contributed by atoms with Crippen LogP contribution >= 0.6 is 0 Å². The van der Waals surface area contributed by atoms with Crippen molar-refractivity contribution >= 4 is 57.2 Å². The molecule has 5 aromatic rings. The van der Waals surface area contributed by atoms with E-state index in [1.54, 1.807) is 22.3 Å². The molecular weight excluding hydrogens is 687 g/mol. The molecule has 4 aliphatic carbocycles. The van der Waals surface area contributed by atoms with Gasteiger partial charge in [-0.25, -0.2) is 0 Å². The summed E-state index contributed by atoms with van der Waals surface area (Å²) >= 11 is 0. The molecule has 6 aliphatic rings. The molecule has 0 unspecified atom stereocenters. The lowest BCUT2D eigenvalue weighted by molar-refractivity contribution is 0.443. The fourth-order valence-electron chi connectivity index (χ4n) is 12.6. The number of para-hydroxylation sites is 1. The van der Waals surface area contributed by atoms with Crippen molar-refractivity contribution in [1.29, 1.82) is 0 Å². The second-order valence-corrected chi connectivity index (χ2v) is 19.0. The van der Waals surface area contributed by atoms with Crippen LogP contribution in [-0.2, 0) is 0 Å². The highest BCUT2D eigenvalue weighted by Crippen LogP contribution is 2.49. The minimum Gasteiger partial charge on any atom is -0.311 e. The van der Waals surface area contributed by atoms with E-state index in [0.717, 1.165) is 0 Å². The van der Waals surface area contributed by atoms with Gasteiger partial charge in [-0.3, -0.25) is 0 Å². The number of hydrogen-bond donors (Lipinski definition) is 0. The van der Waals surface area contributed by atoms with Gasteiger partial charge in [-0.05, 0) is 162 Å². The van der Waals surface area contributed by atoms with Gasteiger partial charge in [0.1, 0.15) is 0 Å². The minimum absolute atomic E-state index is 0.193. The van der Waals surface area contributed by atoms with Crippen molar-refractivity contribution in [1.82, 2.24) is 0 Å². The fourth-order valence-corrected chi connectivity index (χ4v) is 12.6. The van der Waals surface area contributed by atoms with Crippen LogP contribution < -0.4 is 26.2 Å². The third-order valence-corrected chi connectivity index (χ3v) is 15.6. The van der Waals surface area contributed by atoms with Gasteiger partial charge in [0, 0.05) is 34.1 Å². The highest BCUT2D eigenvalue weighted by Gasteiger charge is 2.44. The zero-order valence-electron chi connectivity index (χ0n) is 34.2. The van der Waals surface area contributed by atoms with Crippen molar-refractivity contribution in [3.63, 3.8) is 0 Å². The number of benzene rings is 5. The van der Waals surface area contributed by atoms with Gasteiger partial charge in [0.15, 0.2) is 0 Å². The minimum atomic E-state index is 0.193. The summed E-state index contributed by atoms with van der Waals surface area (Å²) in [7, 11) is 0. The zero-order valence-corrected chi connectivity index (χ0v) is 34.2. The Labute approximate surface area is 343 Å². The lowest BCUT2D eigenvalue weighted by Gasteiger charge is -2.45. The molecular formula is C54H61BN2. The van der Waals surface area contributed by atoms with E-state index >= 15 is 0 Å². The fraction of sp³-hybridized carbons (Fsp3) is 0.444. The molecule has 57 heavy (non-hydrogen) atoms. The average Bonchev–Trinajstić information content (AvgIpc) is 3.30. The molecule has 0 bridgehead atoms. The standard InChI is InChI=1S/C54H61BN2/c1-6-17-38(18-7-1)42-25-16-28-47(33-42)57-51-35-44(40-21-10-3-11-22-40)30-32-49(51)55-48-31-29-43(39-19-8-2-9-20-39)34-50(48)56(46-26-14-5-15-27-46)52-36-45(37-53(57)54(52)55)41-23-12-4-13-24-41/h5,14-16,25-41H,1-4,6-13,17-24H2. The topological polar surface area (TPSA) is 6.48 Å². The van der Waals surface area contributed by atoms with Crippen molar-refractivity contribution in [2.24, 2.45) is 0 Å². The third-order valence-electron chi connectivity index (χ3n) is 15.6. The normalized spacial score (nSPS) is 20.6. The van der Waals surface area contributed by atoms with E-state index in [1.165, 1.54) is 179 Å². The molecule has 0 N–H and O–H groups in total. The summed E-state index contributed by atoms with van der Waals surface area (Å²) in [5.74, 6) is 2.61. The van der Waals surface area contributed by atoms with Crippen LogP contribution in [-0.4, -0.2) is 6.71 Å². The van der Waals surface area contributed by atoms with E-state index in [4.69, 9.17) is 0 Å². The number of rotatable bonds is 6. The van der Waals surface area contributed by atoms with Crippen LogP contribution in [0, 0.1) is 0 Å². The second-order valence-electron chi connectivity index (χ2n) is 19.0. The van der Waals surface area contributed by atoms with Gasteiger partial charge in [0.2, 0.25) is 0 Å². The highest BCUT2D eigenvalue weighted by atomic mass is 15.2. The first-order valence-corrected chi connectivity index (χ1v) is 23.5. The number of nitrogens with zero attached hydrogens (tertiary/aromatic N) is 2. The maximum Gasteiger partial charge on any atom is 0.252 e. The molecule has 2 heterocycles. The van der Waals surface area contributed by atoms with Crippen LogP contribution in [0.25, 0.3) is 0 Å². The Morgan fingerprint density at radius 3 is 1.23 bits per heavy atom. The maximum atomic E-state index is 2.76. The van der Waals surface area contributed by atoms with Gasteiger partial charge in [-0.15, -0.1) is 0 Å². The molecule has 0 aromatic heterocycles. The average molecular weight is 749 g/mol. The molecule has 0 spiro atoms. The molecule has 4 fully saturated rings. The Bertz CT molecular complexity index is 2220. The Hall–Kier alpha value is -4.24. The number of fused-ring (bicyclic) bond motifs is 4. The molecule has 2 aliphatic heterocycles. The van der Waals surface area contributed by atoms with Crippen molar-refractivity contribution in [2.45, 2.75) is 152 Å². The van der Waals surface area contributed by atoms with E-state index < -0.39 is 0 Å². The molecule has 290 valence electrons. The maximum absolute atomic E-state index is 2.76. The van der Waals surface area contributed by atoms with Crippen molar-refractivity contribution in [3.05, 3.63) is 125 Å². The van der Waals surface area contributed by atoms with E-state index in [2.05, 4.69) is 113 Å². The zero-order chi connectivity index (χ0) is 37.7. The molecule has 5 aromatic carbocycles.